The molecule has 8 nitrogen and oxygen atoms in total. The molecule has 0 aromatic carbocycles. The first-order valence-corrected chi connectivity index (χ1v) is 9.30. The van der Waals surface area contributed by atoms with Gasteiger partial charge in [-0.2, -0.15) is 0 Å². The maximum atomic E-state index is 12.1. The molecule has 132 valence electrons. The van der Waals surface area contributed by atoms with Crippen LogP contribution >= 0.6 is 20.4 Å². The predicted octanol–water partition coefficient (Wildman–Crippen LogP) is 0.549. The molecule has 0 radical (unpaired) electrons. The molecule has 1 rings (SSSR count). The Bertz CT molecular complexity index is 448. The average Bonchev–Trinajstić information content (AvgIpc) is 2.46. The third-order valence-corrected chi connectivity index (χ3v) is 4.63. The number of hydrogen-bond acceptors (Lipinski definition) is 7. The molecule has 1 saturated heterocycles. The minimum atomic E-state index is -2.03. The van der Waals surface area contributed by atoms with Gasteiger partial charge in [0.15, 0.2) is 11.2 Å². The summed E-state index contributed by atoms with van der Waals surface area (Å²) in [5.74, 6) is -0.0526. The van der Waals surface area contributed by atoms with E-state index in [1.165, 1.54) is 6.92 Å². The Labute approximate surface area is 141 Å². The molecular weight excluding hydrogens is 343 g/mol. The maximum Gasteiger partial charge on any atom is 0.330 e. The molecule has 2 amide bonds. The zero-order valence-corrected chi connectivity index (χ0v) is 15.2. The fourth-order valence-corrected chi connectivity index (χ4v) is 3.39. The fourth-order valence-electron chi connectivity index (χ4n) is 1.83. The highest BCUT2D eigenvalue weighted by molar-refractivity contribution is 8.13. The van der Waals surface area contributed by atoms with Crippen molar-refractivity contribution in [3.05, 3.63) is 0 Å². The third-order valence-electron chi connectivity index (χ3n) is 3.07. The van der Waals surface area contributed by atoms with Crippen LogP contribution in [0.2, 0.25) is 0 Å². The summed E-state index contributed by atoms with van der Waals surface area (Å²) in [4.78, 5) is 43.8. The topological polar surface area (TPSA) is 114 Å². The van der Waals surface area contributed by atoms with Crippen molar-refractivity contribution in [3.63, 3.8) is 0 Å². The van der Waals surface area contributed by atoms with Crippen LogP contribution < -0.4 is 10.6 Å². The standard InChI is InChI=1S/C13H23N2O6PS/c1-9(16)23-7-6-14-10(17)4-5-15-12(18)11-13(2,3)8-20-22(19)21-11/h11,19H,4-8H2,1-3H3,(H,14,17)(H,15,18)/t11-,22?/m0/s1. The summed E-state index contributed by atoms with van der Waals surface area (Å²) in [6.45, 7) is 5.88. The van der Waals surface area contributed by atoms with Crippen LogP contribution in [0.3, 0.4) is 0 Å². The summed E-state index contributed by atoms with van der Waals surface area (Å²) in [6, 6.07) is 0. The van der Waals surface area contributed by atoms with E-state index in [9.17, 15) is 19.3 Å². The van der Waals surface area contributed by atoms with Gasteiger partial charge in [-0.3, -0.25) is 18.9 Å². The lowest BCUT2D eigenvalue weighted by molar-refractivity contribution is -0.139. The molecule has 0 aromatic heterocycles. The molecule has 0 aromatic rings. The normalized spacial score (nSPS) is 23.1. The van der Waals surface area contributed by atoms with Gasteiger partial charge in [-0.25, -0.2) is 0 Å². The monoisotopic (exact) mass is 366 g/mol. The van der Waals surface area contributed by atoms with Crippen LogP contribution in [0, 0.1) is 5.41 Å². The first-order valence-electron chi connectivity index (χ1n) is 7.19. The van der Waals surface area contributed by atoms with Gasteiger partial charge < -0.3 is 20.1 Å². The van der Waals surface area contributed by atoms with Crippen molar-refractivity contribution in [2.45, 2.75) is 33.3 Å². The van der Waals surface area contributed by atoms with E-state index in [1.807, 2.05) is 0 Å². The Morgan fingerprint density at radius 1 is 1.30 bits per heavy atom. The van der Waals surface area contributed by atoms with Crippen LogP contribution in [0.5, 0.6) is 0 Å². The van der Waals surface area contributed by atoms with Crippen molar-refractivity contribution in [3.8, 4) is 0 Å². The molecule has 2 atom stereocenters. The maximum absolute atomic E-state index is 12.1. The molecule has 10 heteroatoms. The lowest BCUT2D eigenvalue weighted by Crippen LogP contribution is -2.49. The van der Waals surface area contributed by atoms with Crippen LogP contribution in [0.25, 0.3) is 0 Å². The molecule has 0 spiro atoms. The average molecular weight is 366 g/mol. The summed E-state index contributed by atoms with van der Waals surface area (Å²) in [6.07, 6.45) is -0.684. The van der Waals surface area contributed by atoms with Crippen molar-refractivity contribution in [1.82, 2.24) is 10.6 Å². The highest BCUT2D eigenvalue weighted by atomic mass is 32.2. The van der Waals surface area contributed by atoms with E-state index >= 15 is 0 Å². The minimum absolute atomic E-state index is 0.00873. The molecule has 1 unspecified atom stereocenters. The molecular formula is C13H23N2O6PS. The van der Waals surface area contributed by atoms with E-state index in [1.54, 1.807) is 13.8 Å². The number of amides is 2. The fraction of sp³-hybridized carbons (Fsp3) is 0.769. The van der Waals surface area contributed by atoms with Gasteiger partial charge in [0, 0.05) is 37.6 Å². The molecule has 1 heterocycles. The van der Waals surface area contributed by atoms with E-state index < -0.39 is 20.1 Å². The quantitative estimate of drug-likeness (QED) is 0.445. The molecule has 0 bridgehead atoms. The van der Waals surface area contributed by atoms with Gasteiger partial charge in [0.25, 0.3) is 0 Å². The van der Waals surface area contributed by atoms with Crippen LogP contribution in [0.15, 0.2) is 0 Å². The van der Waals surface area contributed by atoms with Crippen molar-refractivity contribution in [2.24, 2.45) is 5.41 Å². The van der Waals surface area contributed by atoms with E-state index in [0.29, 0.717) is 12.3 Å². The summed E-state index contributed by atoms with van der Waals surface area (Å²) >= 11 is 1.15. The summed E-state index contributed by atoms with van der Waals surface area (Å²) in [5.41, 5.74) is -0.558. The molecule has 1 fully saturated rings. The van der Waals surface area contributed by atoms with Crippen LogP contribution in [-0.4, -0.2) is 53.4 Å². The Hall–Kier alpha value is -0.730. The summed E-state index contributed by atoms with van der Waals surface area (Å²) in [5, 5.41) is 5.30. The molecule has 3 N–H and O–H groups in total. The first-order chi connectivity index (χ1) is 10.7. The van der Waals surface area contributed by atoms with Crippen LogP contribution in [0.4, 0.5) is 0 Å². The Morgan fingerprint density at radius 3 is 2.65 bits per heavy atom. The van der Waals surface area contributed by atoms with Crippen LogP contribution in [-0.2, 0) is 23.4 Å². The van der Waals surface area contributed by atoms with E-state index in [-0.39, 0.29) is 36.5 Å². The number of hydrogen-bond donors (Lipinski definition) is 3. The Kier molecular flexibility index (Phi) is 8.42. The zero-order chi connectivity index (χ0) is 17.5. The molecule has 0 saturated carbocycles. The number of carbonyl (C=O) groups is 3. The number of rotatable bonds is 7. The lowest BCUT2D eigenvalue weighted by atomic mass is 9.87. The van der Waals surface area contributed by atoms with E-state index in [4.69, 9.17) is 9.05 Å². The zero-order valence-electron chi connectivity index (χ0n) is 13.5. The van der Waals surface area contributed by atoms with Crippen molar-refractivity contribution >= 4 is 37.3 Å². The van der Waals surface area contributed by atoms with Gasteiger partial charge in [-0.1, -0.05) is 25.6 Å². The summed E-state index contributed by atoms with van der Waals surface area (Å²) < 4.78 is 10.2. The third kappa shape index (κ3) is 7.58. The highest BCUT2D eigenvalue weighted by Crippen LogP contribution is 2.46. The van der Waals surface area contributed by atoms with Gasteiger partial charge in [-0.05, 0) is 0 Å². The second kappa shape index (κ2) is 9.54. The Balaban J connectivity index is 2.25. The van der Waals surface area contributed by atoms with E-state index in [0.717, 1.165) is 11.8 Å². The van der Waals surface area contributed by atoms with Gasteiger partial charge >= 0.3 is 8.60 Å². The number of nitrogens with one attached hydrogen (secondary N) is 2. The first kappa shape index (κ1) is 20.3. The molecule has 1 aliphatic rings. The second-order valence-electron chi connectivity index (χ2n) is 5.72. The van der Waals surface area contributed by atoms with Gasteiger partial charge in [-0.15, -0.1) is 0 Å². The van der Waals surface area contributed by atoms with Gasteiger partial charge in [0.05, 0.1) is 6.61 Å². The SMILES string of the molecule is CC(=O)SCCNC(=O)CCNC(=O)[C@@H]1OP(O)OCC1(C)C. The van der Waals surface area contributed by atoms with Gasteiger partial charge in [0.1, 0.15) is 0 Å². The smallest absolute Gasteiger partial charge is 0.330 e. The van der Waals surface area contributed by atoms with E-state index in [2.05, 4.69) is 10.6 Å². The second-order valence-corrected chi connectivity index (χ2v) is 7.93. The van der Waals surface area contributed by atoms with Crippen LogP contribution in [0.1, 0.15) is 27.2 Å². The largest absolute Gasteiger partial charge is 0.355 e. The molecule has 0 aliphatic carbocycles. The number of carbonyl (C=O) groups excluding carboxylic acids is 3. The Morgan fingerprint density at radius 2 is 2.00 bits per heavy atom. The molecule has 23 heavy (non-hydrogen) atoms. The number of thioether (sulfide) groups is 1. The highest BCUT2D eigenvalue weighted by Gasteiger charge is 2.43. The lowest BCUT2D eigenvalue weighted by Gasteiger charge is -2.37. The predicted molar refractivity (Wildman–Crippen MR) is 87.5 cm³/mol. The van der Waals surface area contributed by atoms with Gasteiger partial charge in [0.2, 0.25) is 11.8 Å². The summed E-state index contributed by atoms with van der Waals surface area (Å²) in [7, 11) is -2.03. The molecule has 1 aliphatic heterocycles. The van der Waals surface area contributed by atoms with Crippen molar-refractivity contribution in [2.75, 3.05) is 25.4 Å². The van der Waals surface area contributed by atoms with Crippen molar-refractivity contribution < 1.29 is 28.3 Å². The minimum Gasteiger partial charge on any atom is -0.355 e. The van der Waals surface area contributed by atoms with Crippen molar-refractivity contribution in [1.29, 1.82) is 0 Å².